The fourth-order valence-corrected chi connectivity index (χ4v) is 6.39. The summed E-state index contributed by atoms with van der Waals surface area (Å²) in [4.78, 5) is 41.5. The monoisotopic (exact) mass is 703 g/mol. The van der Waals surface area contributed by atoms with Gasteiger partial charge in [-0.1, -0.05) is 115 Å². The second kappa shape index (κ2) is 17.5. The van der Waals surface area contributed by atoms with Crippen molar-refractivity contribution in [2.24, 2.45) is 0 Å². The van der Waals surface area contributed by atoms with Crippen LogP contribution in [0, 0.1) is 6.92 Å². The molecule has 0 aromatic heterocycles. The Kier molecular flexibility index (Phi) is 11.9. The molecule has 1 atom stereocenters. The van der Waals surface area contributed by atoms with E-state index < -0.39 is 17.1 Å². The molecular formula is C44H37N3O4S. The molecule has 6 rings (SSSR count). The van der Waals surface area contributed by atoms with Crippen molar-refractivity contribution in [2.45, 2.75) is 23.7 Å². The number of hydrogen-bond acceptors (Lipinski definition) is 5. The van der Waals surface area contributed by atoms with Gasteiger partial charge in [-0.2, -0.15) is 0 Å². The van der Waals surface area contributed by atoms with Crippen molar-refractivity contribution in [1.82, 2.24) is 5.32 Å². The highest BCUT2D eigenvalue weighted by Gasteiger charge is 2.23. The molecule has 6 aromatic carbocycles. The first kappa shape index (κ1) is 35.4. The lowest BCUT2D eigenvalue weighted by molar-refractivity contribution is -0.116. The Hall–Kier alpha value is -6.38. The first-order valence-electron chi connectivity index (χ1n) is 16.8. The van der Waals surface area contributed by atoms with Gasteiger partial charge >= 0.3 is 0 Å². The van der Waals surface area contributed by atoms with Gasteiger partial charge in [0.1, 0.15) is 23.3 Å². The minimum absolute atomic E-state index is 0.0598. The molecule has 52 heavy (non-hydrogen) atoms. The van der Waals surface area contributed by atoms with Crippen LogP contribution >= 0.6 is 11.8 Å². The van der Waals surface area contributed by atoms with Crippen LogP contribution in [-0.2, 0) is 16.2 Å². The van der Waals surface area contributed by atoms with Crippen molar-refractivity contribution in [2.75, 3.05) is 10.6 Å². The molecule has 0 radical (unpaired) electrons. The fourth-order valence-electron chi connectivity index (χ4n) is 5.30. The number of benzene rings is 6. The van der Waals surface area contributed by atoms with Gasteiger partial charge < -0.3 is 20.7 Å². The summed E-state index contributed by atoms with van der Waals surface area (Å²) in [5.41, 5.74) is 5.29. The van der Waals surface area contributed by atoms with Crippen LogP contribution in [0.25, 0.3) is 6.08 Å². The van der Waals surface area contributed by atoms with Gasteiger partial charge in [0.05, 0.1) is 0 Å². The largest absolute Gasteiger partial charge is 0.489 e. The van der Waals surface area contributed by atoms with E-state index in [1.54, 1.807) is 36.4 Å². The van der Waals surface area contributed by atoms with E-state index in [0.717, 1.165) is 27.3 Å². The van der Waals surface area contributed by atoms with Gasteiger partial charge in [-0.25, -0.2) is 0 Å². The van der Waals surface area contributed by atoms with Crippen molar-refractivity contribution in [1.29, 1.82) is 0 Å². The lowest BCUT2D eigenvalue weighted by Gasteiger charge is -2.18. The number of rotatable bonds is 13. The van der Waals surface area contributed by atoms with Gasteiger partial charge in [-0.05, 0) is 83.8 Å². The second-order valence-electron chi connectivity index (χ2n) is 11.9. The van der Waals surface area contributed by atoms with E-state index in [-0.39, 0.29) is 11.6 Å². The molecule has 0 aliphatic heterocycles. The first-order valence-corrected chi connectivity index (χ1v) is 17.6. The average Bonchev–Trinajstić information content (AvgIpc) is 3.18. The van der Waals surface area contributed by atoms with Crippen LogP contribution in [0.2, 0.25) is 0 Å². The number of anilines is 2. The maximum absolute atomic E-state index is 13.8. The van der Waals surface area contributed by atoms with Crippen molar-refractivity contribution >= 4 is 46.9 Å². The van der Waals surface area contributed by atoms with Crippen LogP contribution in [-0.4, -0.2) is 17.7 Å². The van der Waals surface area contributed by atoms with Crippen molar-refractivity contribution < 1.29 is 19.1 Å². The zero-order valence-electron chi connectivity index (χ0n) is 28.5. The topological polar surface area (TPSA) is 96.5 Å². The third-order valence-electron chi connectivity index (χ3n) is 8.06. The Morgan fingerprint density at radius 3 is 2.06 bits per heavy atom. The number of thioether (sulfide) groups is 1. The summed E-state index contributed by atoms with van der Waals surface area (Å²) in [5.74, 6) is -0.409. The van der Waals surface area contributed by atoms with Gasteiger partial charge in [-0.15, -0.1) is 11.8 Å². The quantitative estimate of drug-likeness (QED) is 0.0823. The zero-order valence-corrected chi connectivity index (χ0v) is 29.3. The lowest BCUT2D eigenvalue weighted by atomic mass is 10.1. The van der Waals surface area contributed by atoms with Crippen molar-refractivity contribution in [3.05, 3.63) is 197 Å². The van der Waals surface area contributed by atoms with Crippen LogP contribution in [0.5, 0.6) is 5.75 Å². The standard InChI is InChI=1S/C44H37N3O4S/c1-31-14-11-12-23-39(31)46-44(50)41(34-17-7-3-8-18-34)52-38-22-13-21-36(29-38)45-43(49)40(47-42(48)35-19-9-4-10-20-35)28-32-24-26-37(27-25-32)51-30-33-15-5-2-6-16-33/h2-29,41H,30H2,1H3,(H,45,49)(H,46,50)(H,47,48)/b40-28-. The number of hydrogen-bond donors (Lipinski definition) is 3. The number of aryl methyl sites for hydroxylation is 1. The molecule has 0 fully saturated rings. The number of ether oxygens (including phenoxy) is 1. The predicted molar refractivity (Wildman–Crippen MR) is 209 cm³/mol. The van der Waals surface area contributed by atoms with Gasteiger partial charge in [-0.3, -0.25) is 14.4 Å². The molecule has 0 saturated heterocycles. The number of carbonyl (C=O) groups excluding carboxylic acids is 3. The molecule has 258 valence electrons. The van der Waals surface area contributed by atoms with Gasteiger partial charge in [0.2, 0.25) is 5.91 Å². The summed E-state index contributed by atoms with van der Waals surface area (Å²) in [6, 6.07) is 50.4. The van der Waals surface area contributed by atoms with E-state index in [0.29, 0.717) is 29.2 Å². The summed E-state index contributed by atoms with van der Waals surface area (Å²) in [6.07, 6.45) is 1.62. The first-order chi connectivity index (χ1) is 25.4. The molecule has 3 N–H and O–H groups in total. The summed E-state index contributed by atoms with van der Waals surface area (Å²) in [5, 5.41) is 8.25. The summed E-state index contributed by atoms with van der Waals surface area (Å²) in [6.45, 7) is 2.38. The molecule has 0 saturated carbocycles. The molecule has 0 bridgehead atoms. The highest BCUT2D eigenvalue weighted by molar-refractivity contribution is 8.00. The SMILES string of the molecule is Cc1ccccc1NC(=O)C(Sc1cccc(NC(=O)/C(=C/c2ccc(OCc3ccccc3)cc2)NC(=O)c2ccccc2)c1)c1ccccc1. The van der Waals surface area contributed by atoms with Gasteiger partial charge in [0.15, 0.2) is 0 Å². The molecule has 0 heterocycles. The normalized spacial score (nSPS) is 11.6. The van der Waals surface area contributed by atoms with E-state index in [1.807, 2.05) is 140 Å². The van der Waals surface area contributed by atoms with E-state index in [2.05, 4.69) is 16.0 Å². The number of para-hydroxylation sites is 1. The zero-order chi connectivity index (χ0) is 36.1. The summed E-state index contributed by atoms with van der Waals surface area (Å²) >= 11 is 1.38. The molecule has 0 aliphatic rings. The van der Waals surface area contributed by atoms with Crippen LogP contribution in [0.3, 0.4) is 0 Å². The molecule has 6 aromatic rings. The van der Waals surface area contributed by atoms with Crippen molar-refractivity contribution in [3.8, 4) is 5.75 Å². The third-order valence-corrected chi connectivity index (χ3v) is 9.31. The number of amides is 3. The maximum Gasteiger partial charge on any atom is 0.272 e. The number of carbonyl (C=O) groups is 3. The van der Waals surface area contributed by atoms with Crippen LogP contribution in [0.1, 0.15) is 37.9 Å². The third kappa shape index (κ3) is 9.87. The molecule has 1 unspecified atom stereocenters. The number of nitrogens with one attached hydrogen (secondary N) is 3. The Morgan fingerprint density at radius 2 is 1.35 bits per heavy atom. The molecule has 0 spiro atoms. The van der Waals surface area contributed by atoms with Crippen LogP contribution in [0.4, 0.5) is 11.4 Å². The van der Waals surface area contributed by atoms with Crippen LogP contribution < -0.4 is 20.7 Å². The van der Waals surface area contributed by atoms with Crippen molar-refractivity contribution in [3.63, 3.8) is 0 Å². The molecule has 8 heteroatoms. The summed E-state index contributed by atoms with van der Waals surface area (Å²) in [7, 11) is 0. The highest BCUT2D eigenvalue weighted by Crippen LogP contribution is 2.37. The minimum atomic E-state index is -0.563. The molecule has 0 aliphatic carbocycles. The summed E-state index contributed by atoms with van der Waals surface area (Å²) < 4.78 is 5.92. The molecule has 3 amide bonds. The smallest absolute Gasteiger partial charge is 0.272 e. The van der Waals surface area contributed by atoms with E-state index >= 15 is 0 Å². The van der Waals surface area contributed by atoms with E-state index in [9.17, 15) is 14.4 Å². The molecular weight excluding hydrogens is 667 g/mol. The Morgan fingerprint density at radius 1 is 0.692 bits per heavy atom. The van der Waals surface area contributed by atoms with E-state index in [4.69, 9.17) is 4.74 Å². The average molecular weight is 704 g/mol. The van der Waals surface area contributed by atoms with Gasteiger partial charge in [0, 0.05) is 21.8 Å². The minimum Gasteiger partial charge on any atom is -0.489 e. The Labute approximate surface area is 307 Å². The maximum atomic E-state index is 13.8. The van der Waals surface area contributed by atoms with Gasteiger partial charge in [0.25, 0.3) is 11.8 Å². The Balaban J connectivity index is 1.21. The predicted octanol–water partition coefficient (Wildman–Crippen LogP) is 9.46. The lowest BCUT2D eigenvalue weighted by Crippen LogP contribution is -2.30. The molecule has 7 nitrogen and oxygen atoms in total. The van der Waals surface area contributed by atoms with E-state index in [1.165, 1.54) is 11.8 Å². The second-order valence-corrected chi connectivity index (χ2v) is 13.1. The Bertz CT molecular complexity index is 2160. The highest BCUT2D eigenvalue weighted by atomic mass is 32.2. The fraction of sp³-hybridized carbons (Fsp3) is 0.0682. The van der Waals surface area contributed by atoms with Crippen LogP contribution in [0.15, 0.2) is 174 Å².